The summed E-state index contributed by atoms with van der Waals surface area (Å²) in [6, 6.07) is -1.05. The van der Waals surface area contributed by atoms with E-state index in [0.717, 1.165) is 109 Å². The first kappa shape index (κ1) is 77.1. The molecule has 11 nitrogen and oxygen atoms in total. The molecule has 8 unspecified atom stereocenters. The third-order valence-electron chi connectivity index (χ3n) is 14.8. The highest BCUT2D eigenvalue weighted by Crippen LogP contribution is 2.26. The van der Waals surface area contributed by atoms with Crippen molar-refractivity contribution in [3.05, 3.63) is 122 Å². The van der Waals surface area contributed by atoms with Crippen molar-refractivity contribution in [3.8, 4) is 0 Å². The largest absolute Gasteiger partial charge is 0.454 e. The molecule has 11 heteroatoms. The number of ether oxygens (including phenoxy) is 3. The number of amides is 1. The first-order chi connectivity index (χ1) is 40.7. The fraction of sp³-hybridized carbons (Fsp3) is 0.694. The Morgan fingerprint density at radius 3 is 1.33 bits per heavy atom. The monoisotopic (exact) mass is 1160 g/mol. The summed E-state index contributed by atoms with van der Waals surface area (Å²) < 4.78 is 17.6. The molecule has 1 aliphatic heterocycles. The summed E-state index contributed by atoms with van der Waals surface area (Å²) in [6.07, 6.45) is 70.9. The maximum atomic E-state index is 13.5. The molecule has 6 N–H and O–H groups in total. The number of esters is 1. The van der Waals surface area contributed by atoms with Crippen LogP contribution in [0.2, 0.25) is 0 Å². The standard InChI is InChI=1S/C72H121NO10/c1-4-7-10-13-16-19-22-25-27-29-30-31-32-33-34-35-37-38-41-44-47-50-53-56-59-65(76)71(80)73-63(64(75)58-55-52-49-46-43-40-24-21-18-15-12-9-6-3)62-81-72-70(69(79)68(78)66(61-74)82-72)83-67(77)60-57-54-51-48-45-42-39-36-28-26-23-20-17-14-11-8-5-2/h8,11,16-17,19-20,25-28,30-31,33-34,39,42,48,51,55,58,63-66,68-70,72,74-76,78-79H,4-7,9-10,12-15,18,21-24,29,32,35-38,40-41,43-47,49-50,52-54,56-57,59-62H2,1-3H3,(H,73,80)/b11-8-,19-16-,20-17-,27-25-,28-26-,31-30-,34-33-,42-39-,51-48-,58-55+. The number of nitrogens with one attached hydrogen (secondary N) is 1. The van der Waals surface area contributed by atoms with Gasteiger partial charge in [-0.05, 0) is 109 Å². The zero-order chi connectivity index (χ0) is 60.3. The molecule has 0 radical (unpaired) electrons. The molecule has 0 aromatic heterocycles. The van der Waals surface area contributed by atoms with E-state index in [0.29, 0.717) is 19.3 Å². The molecule has 0 aliphatic carbocycles. The van der Waals surface area contributed by atoms with Gasteiger partial charge in [0.2, 0.25) is 5.91 Å². The molecule has 0 aromatic carbocycles. The number of carbonyl (C=O) groups excluding carboxylic acids is 2. The Balaban J connectivity index is 2.68. The Bertz CT molecular complexity index is 1810. The average molecular weight is 1160 g/mol. The van der Waals surface area contributed by atoms with Crippen LogP contribution in [0.25, 0.3) is 0 Å². The van der Waals surface area contributed by atoms with Crippen molar-refractivity contribution in [3.63, 3.8) is 0 Å². The Morgan fingerprint density at radius 1 is 0.482 bits per heavy atom. The van der Waals surface area contributed by atoms with Crippen LogP contribution in [0.3, 0.4) is 0 Å². The molecule has 1 fully saturated rings. The van der Waals surface area contributed by atoms with E-state index in [1.54, 1.807) is 6.08 Å². The number of carbonyl (C=O) groups is 2. The minimum Gasteiger partial charge on any atom is -0.454 e. The van der Waals surface area contributed by atoms with Crippen molar-refractivity contribution in [2.75, 3.05) is 13.2 Å². The summed E-state index contributed by atoms with van der Waals surface area (Å²) in [5.74, 6) is -1.27. The predicted molar refractivity (Wildman–Crippen MR) is 347 cm³/mol. The summed E-state index contributed by atoms with van der Waals surface area (Å²) >= 11 is 0. The molecule has 0 saturated carbocycles. The fourth-order valence-electron chi connectivity index (χ4n) is 9.61. The van der Waals surface area contributed by atoms with E-state index in [4.69, 9.17) is 14.2 Å². The Kier molecular flexibility index (Phi) is 54.3. The van der Waals surface area contributed by atoms with Gasteiger partial charge in [0.1, 0.15) is 24.4 Å². The van der Waals surface area contributed by atoms with Gasteiger partial charge in [-0.3, -0.25) is 9.59 Å². The quantitative estimate of drug-likeness (QED) is 0.0195. The number of unbranched alkanes of at least 4 members (excludes halogenated alkanes) is 23. The third kappa shape index (κ3) is 46.0. The van der Waals surface area contributed by atoms with Crippen molar-refractivity contribution < 1.29 is 49.3 Å². The Hall–Kier alpha value is -3.94. The van der Waals surface area contributed by atoms with Gasteiger partial charge in [0.05, 0.1) is 25.4 Å². The van der Waals surface area contributed by atoms with Crippen molar-refractivity contribution >= 4 is 11.9 Å². The lowest BCUT2D eigenvalue weighted by Gasteiger charge is -2.41. The molecule has 8 atom stereocenters. The maximum absolute atomic E-state index is 13.5. The topological polar surface area (TPSA) is 175 Å². The highest BCUT2D eigenvalue weighted by atomic mass is 16.7. The molecule has 0 aromatic rings. The van der Waals surface area contributed by atoms with Crippen LogP contribution in [0, 0.1) is 0 Å². The van der Waals surface area contributed by atoms with E-state index in [1.807, 2.05) is 18.2 Å². The van der Waals surface area contributed by atoms with E-state index in [2.05, 4.69) is 123 Å². The van der Waals surface area contributed by atoms with Crippen LogP contribution in [0.5, 0.6) is 0 Å². The van der Waals surface area contributed by atoms with Crippen LogP contribution in [0.1, 0.15) is 258 Å². The molecular formula is C72H121NO10. The molecule has 1 rings (SSSR count). The van der Waals surface area contributed by atoms with Gasteiger partial charge in [0.15, 0.2) is 12.4 Å². The molecule has 1 saturated heterocycles. The highest BCUT2D eigenvalue weighted by molar-refractivity contribution is 5.80. The summed E-state index contributed by atoms with van der Waals surface area (Å²) in [5.41, 5.74) is 0. The predicted octanol–water partition coefficient (Wildman–Crippen LogP) is 16.6. The number of hydrogen-bond donors (Lipinski definition) is 6. The van der Waals surface area contributed by atoms with Crippen LogP contribution in [0.15, 0.2) is 122 Å². The first-order valence-electron chi connectivity index (χ1n) is 33.3. The van der Waals surface area contributed by atoms with Gasteiger partial charge < -0.3 is 45.1 Å². The molecule has 474 valence electrons. The van der Waals surface area contributed by atoms with E-state index < -0.39 is 67.4 Å². The Labute approximate surface area is 506 Å². The van der Waals surface area contributed by atoms with Crippen LogP contribution >= 0.6 is 0 Å². The fourth-order valence-corrected chi connectivity index (χ4v) is 9.61. The van der Waals surface area contributed by atoms with Gasteiger partial charge in [-0.1, -0.05) is 264 Å². The second kappa shape index (κ2) is 58.4. The summed E-state index contributed by atoms with van der Waals surface area (Å²) in [6.45, 7) is 5.62. The zero-order valence-electron chi connectivity index (χ0n) is 52.5. The minimum absolute atomic E-state index is 0.0385. The zero-order valence-corrected chi connectivity index (χ0v) is 52.5. The number of rotatable bonds is 55. The van der Waals surface area contributed by atoms with Gasteiger partial charge in [0.25, 0.3) is 0 Å². The van der Waals surface area contributed by atoms with Crippen LogP contribution < -0.4 is 5.32 Å². The van der Waals surface area contributed by atoms with E-state index >= 15 is 0 Å². The molecule has 83 heavy (non-hydrogen) atoms. The van der Waals surface area contributed by atoms with Crippen molar-refractivity contribution in [1.29, 1.82) is 0 Å². The van der Waals surface area contributed by atoms with Crippen LogP contribution in [-0.2, 0) is 23.8 Å². The lowest BCUT2D eigenvalue weighted by atomic mass is 9.99. The lowest BCUT2D eigenvalue weighted by molar-refractivity contribution is -0.305. The average Bonchev–Trinajstić information content (AvgIpc) is 3.58. The first-order valence-corrected chi connectivity index (χ1v) is 33.3. The smallest absolute Gasteiger partial charge is 0.306 e. The van der Waals surface area contributed by atoms with Crippen molar-refractivity contribution in [2.45, 2.75) is 307 Å². The third-order valence-corrected chi connectivity index (χ3v) is 14.8. The SMILES string of the molecule is CC/C=C\C/C=C\C/C=C\C/C=C\C/C=C\CCCC(=O)OC1C(OCC(NC(=O)C(O)CCCCCCCCCC/C=C\C/C=C\C/C=C\C/C=C\CCCCC)C(O)/C=C/CCCCCCCCCCCCC)OC(CO)C(O)C1O. The van der Waals surface area contributed by atoms with Gasteiger partial charge >= 0.3 is 5.97 Å². The summed E-state index contributed by atoms with van der Waals surface area (Å²) in [5, 5.41) is 57.1. The van der Waals surface area contributed by atoms with E-state index in [9.17, 15) is 35.1 Å². The van der Waals surface area contributed by atoms with Crippen molar-refractivity contribution in [2.24, 2.45) is 0 Å². The molecule has 0 spiro atoms. The maximum Gasteiger partial charge on any atom is 0.306 e. The highest BCUT2D eigenvalue weighted by Gasteiger charge is 2.47. The van der Waals surface area contributed by atoms with E-state index in [1.165, 1.54) is 96.3 Å². The number of aliphatic hydroxyl groups excluding tert-OH is 5. The normalized spacial score (nSPS) is 19.3. The summed E-state index contributed by atoms with van der Waals surface area (Å²) in [4.78, 5) is 26.6. The number of allylic oxidation sites excluding steroid dienone is 19. The molecule has 1 heterocycles. The van der Waals surface area contributed by atoms with E-state index in [-0.39, 0.29) is 19.4 Å². The summed E-state index contributed by atoms with van der Waals surface area (Å²) in [7, 11) is 0. The number of hydrogen-bond acceptors (Lipinski definition) is 10. The van der Waals surface area contributed by atoms with Crippen LogP contribution in [-0.4, -0.2) is 99.6 Å². The van der Waals surface area contributed by atoms with Gasteiger partial charge in [-0.15, -0.1) is 0 Å². The lowest BCUT2D eigenvalue weighted by Crippen LogP contribution is -2.61. The Morgan fingerprint density at radius 2 is 0.867 bits per heavy atom. The van der Waals surface area contributed by atoms with Crippen molar-refractivity contribution in [1.82, 2.24) is 5.32 Å². The second-order valence-corrected chi connectivity index (χ2v) is 22.5. The number of aliphatic hydroxyl groups is 5. The van der Waals surface area contributed by atoms with Gasteiger partial charge in [0, 0.05) is 6.42 Å². The molecule has 1 amide bonds. The minimum atomic E-state index is -1.65. The van der Waals surface area contributed by atoms with Crippen LogP contribution in [0.4, 0.5) is 0 Å². The van der Waals surface area contributed by atoms with Gasteiger partial charge in [-0.2, -0.15) is 0 Å². The molecule has 1 aliphatic rings. The molecular weight excluding hydrogens is 1040 g/mol. The van der Waals surface area contributed by atoms with Gasteiger partial charge in [-0.25, -0.2) is 0 Å². The molecule has 0 bridgehead atoms. The second-order valence-electron chi connectivity index (χ2n) is 22.5.